The molecule has 0 atom stereocenters. The van der Waals surface area contributed by atoms with Gasteiger partial charge in [0.05, 0.1) is 4.92 Å². The van der Waals surface area contributed by atoms with E-state index in [0.717, 1.165) is 57.5 Å². The molecule has 1 amide bonds. The first kappa shape index (κ1) is 19.6. The van der Waals surface area contributed by atoms with E-state index in [9.17, 15) is 14.9 Å². The Morgan fingerprint density at radius 1 is 1.22 bits per heavy atom. The van der Waals surface area contributed by atoms with Gasteiger partial charge in [-0.2, -0.15) is 0 Å². The summed E-state index contributed by atoms with van der Waals surface area (Å²) < 4.78 is 5.51. The maximum absolute atomic E-state index is 12.3. The number of hydrogen-bond acceptors (Lipinski definition) is 5. The molecule has 2 aliphatic heterocycles. The molecule has 0 saturated carbocycles. The average molecular weight is 375 g/mol. The highest BCUT2D eigenvalue weighted by Crippen LogP contribution is 2.41. The monoisotopic (exact) mass is 375 g/mol. The number of hydrogen-bond donors (Lipinski definition) is 0. The standard InChI is InChI=1S/C20H29N3O4/c1-19(2,3)27-18(24)22-12-9-20(15-22)7-10-21(11-8-20)14-16-5-4-6-17(13-16)23(25)26/h4-6,13H,7-12,14-15H2,1-3H3. The molecule has 2 fully saturated rings. The van der Waals surface area contributed by atoms with Gasteiger partial charge in [0.15, 0.2) is 0 Å². The number of non-ortho nitro benzene ring substituents is 1. The Morgan fingerprint density at radius 2 is 1.89 bits per heavy atom. The number of nitrogens with zero attached hydrogens (tertiary/aromatic N) is 3. The van der Waals surface area contributed by atoms with Crippen molar-refractivity contribution in [3.05, 3.63) is 39.9 Å². The van der Waals surface area contributed by atoms with E-state index in [1.807, 2.05) is 31.7 Å². The third-order valence-electron chi connectivity index (χ3n) is 5.53. The molecule has 1 aromatic rings. The molecule has 148 valence electrons. The highest BCUT2D eigenvalue weighted by molar-refractivity contribution is 5.68. The van der Waals surface area contributed by atoms with Crippen molar-refractivity contribution in [2.75, 3.05) is 26.2 Å². The second-order valence-corrected chi connectivity index (χ2v) is 8.86. The van der Waals surface area contributed by atoms with Crippen molar-refractivity contribution in [3.8, 4) is 0 Å². The zero-order valence-corrected chi connectivity index (χ0v) is 16.4. The summed E-state index contributed by atoms with van der Waals surface area (Å²) in [5.41, 5.74) is 0.844. The Bertz CT molecular complexity index is 705. The number of amides is 1. The van der Waals surface area contributed by atoms with E-state index >= 15 is 0 Å². The van der Waals surface area contributed by atoms with E-state index in [1.54, 1.807) is 12.1 Å². The summed E-state index contributed by atoms with van der Waals surface area (Å²) in [5, 5.41) is 10.9. The molecule has 27 heavy (non-hydrogen) atoms. The van der Waals surface area contributed by atoms with Gasteiger partial charge in [-0.3, -0.25) is 15.0 Å². The summed E-state index contributed by atoms with van der Waals surface area (Å²) in [7, 11) is 0. The van der Waals surface area contributed by atoms with E-state index in [2.05, 4.69) is 4.90 Å². The van der Waals surface area contributed by atoms with Crippen LogP contribution < -0.4 is 0 Å². The molecule has 7 heteroatoms. The van der Waals surface area contributed by atoms with Gasteiger partial charge < -0.3 is 9.64 Å². The molecular formula is C20H29N3O4. The number of nitro benzene ring substituents is 1. The summed E-state index contributed by atoms with van der Waals surface area (Å²) in [6.07, 6.45) is 2.90. The van der Waals surface area contributed by atoms with Crippen molar-refractivity contribution in [1.29, 1.82) is 0 Å². The lowest BCUT2D eigenvalue weighted by molar-refractivity contribution is -0.384. The maximum atomic E-state index is 12.3. The largest absolute Gasteiger partial charge is 0.444 e. The number of carbonyl (C=O) groups excluding carboxylic acids is 1. The van der Waals surface area contributed by atoms with Crippen LogP contribution in [0.25, 0.3) is 0 Å². The molecule has 2 saturated heterocycles. The van der Waals surface area contributed by atoms with Crippen LogP contribution >= 0.6 is 0 Å². The zero-order valence-electron chi connectivity index (χ0n) is 16.4. The molecule has 0 aromatic heterocycles. The van der Waals surface area contributed by atoms with Crippen LogP contribution in [-0.4, -0.2) is 52.6 Å². The van der Waals surface area contributed by atoms with Gasteiger partial charge in [-0.15, -0.1) is 0 Å². The van der Waals surface area contributed by atoms with Crippen molar-refractivity contribution in [1.82, 2.24) is 9.80 Å². The lowest BCUT2D eigenvalue weighted by atomic mass is 9.77. The number of rotatable bonds is 3. The molecule has 0 unspecified atom stereocenters. The maximum Gasteiger partial charge on any atom is 0.410 e. The minimum atomic E-state index is -0.464. The molecule has 1 aromatic carbocycles. The molecule has 2 aliphatic rings. The van der Waals surface area contributed by atoms with Crippen LogP contribution in [0.15, 0.2) is 24.3 Å². The summed E-state index contributed by atoms with van der Waals surface area (Å²) >= 11 is 0. The van der Waals surface area contributed by atoms with Gasteiger partial charge in [0.1, 0.15) is 5.60 Å². The molecule has 1 spiro atoms. The van der Waals surface area contributed by atoms with Crippen LogP contribution in [0.3, 0.4) is 0 Å². The average Bonchev–Trinajstić information content (AvgIpc) is 3.00. The van der Waals surface area contributed by atoms with E-state index in [-0.39, 0.29) is 22.1 Å². The van der Waals surface area contributed by atoms with E-state index < -0.39 is 5.60 Å². The number of piperidine rings is 1. The topological polar surface area (TPSA) is 75.9 Å². The Hall–Kier alpha value is -2.15. The lowest BCUT2D eigenvalue weighted by Gasteiger charge is -2.39. The fourth-order valence-electron chi connectivity index (χ4n) is 4.04. The Labute approximate surface area is 160 Å². The fourth-order valence-corrected chi connectivity index (χ4v) is 4.04. The van der Waals surface area contributed by atoms with E-state index in [1.165, 1.54) is 6.07 Å². The molecule has 7 nitrogen and oxygen atoms in total. The van der Waals surface area contributed by atoms with Gasteiger partial charge >= 0.3 is 6.09 Å². The second kappa shape index (κ2) is 7.46. The minimum Gasteiger partial charge on any atom is -0.444 e. The van der Waals surface area contributed by atoms with Crippen molar-refractivity contribution in [3.63, 3.8) is 0 Å². The number of ether oxygens (including phenoxy) is 1. The summed E-state index contributed by atoms with van der Waals surface area (Å²) in [6.45, 7) is 9.84. The third kappa shape index (κ3) is 4.97. The first-order valence-corrected chi connectivity index (χ1v) is 9.60. The first-order valence-electron chi connectivity index (χ1n) is 9.60. The SMILES string of the molecule is CC(C)(C)OC(=O)N1CCC2(CCN(Cc3cccc([N+](=O)[O-])c3)CC2)C1. The van der Waals surface area contributed by atoms with Crippen LogP contribution in [0.5, 0.6) is 0 Å². The van der Waals surface area contributed by atoms with Crippen LogP contribution in [0.4, 0.5) is 10.5 Å². The van der Waals surface area contributed by atoms with Gasteiger partial charge in [-0.1, -0.05) is 12.1 Å². The van der Waals surface area contributed by atoms with Gasteiger partial charge in [0, 0.05) is 31.8 Å². The molecule has 0 bridgehead atoms. The minimum absolute atomic E-state index is 0.143. The molecular weight excluding hydrogens is 346 g/mol. The van der Waals surface area contributed by atoms with E-state index in [4.69, 9.17) is 4.74 Å². The van der Waals surface area contributed by atoms with Gasteiger partial charge in [0.2, 0.25) is 0 Å². The van der Waals surface area contributed by atoms with Crippen LogP contribution in [0.1, 0.15) is 45.6 Å². The third-order valence-corrected chi connectivity index (χ3v) is 5.53. The molecule has 2 heterocycles. The van der Waals surface area contributed by atoms with Crippen molar-refractivity contribution in [2.24, 2.45) is 5.41 Å². The highest BCUT2D eigenvalue weighted by Gasteiger charge is 2.43. The van der Waals surface area contributed by atoms with Crippen LogP contribution in [-0.2, 0) is 11.3 Å². The Morgan fingerprint density at radius 3 is 2.52 bits per heavy atom. The van der Waals surface area contributed by atoms with Crippen molar-refractivity contribution < 1.29 is 14.5 Å². The molecule has 0 N–H and O–H groups in total. The predicted molar refractivity (Wildman–Crippen MR) is 102 cm³/mol. The second-order valence-electron chi connectivity index (χ2n) is 8.86. The fraction of sp³-hybridized carbons (Fsp3) is 0.650. The Balaban J connectivity index is 1.52. The normalized spacial score (nSPS) is 20.0. The molecule has 0 aliphatic carbocycles. The van der Waals surface area contributed by atoms with Crippen LogP contribution in [0, 0.1) is 15.5 Å². The molecule has 0 radical (unpaired) electrons. The quantitative estimate of drug-likeness (QED) is 0.593. The van der Waals surface area contributed by atoms with Crippen LogP contribution in [0.2, 0.25) is 0 Å². The predicted octanol–water partition coefficient (Wildman–Crippen LogP) is 3.82. The summed E-state index contributed by atoms with van der Waals surface area (Å²) in [4.78, 5) is 27.1. The van der Waals surface area contributed by atoms with E-state index in [0.29, 0.717) is 0 Å². The van der Waals surface area contributed by atoms with Gasteiger partial charge in [-0.25, -0.2) is 4.79 Å². The molecule has 3 rings (SSSR count). The smallest absolute Gasteiger partial charge is 0.410 e. The van der Waals surface area contributed by atoms with Crippen molar-refractivity contribution >= 4 is 11.8 Å². The number of nitro groups is 1. The van der Waals surface area contributed by atoms with Gasteiger partial charge in [-0.05, 0) is 64.1 Å². The number of benzene rings is 1. The summed E-state index contributed by atoms with van der Waals surface area (Å²) in [5.74, 6) is 0. The first-order chi connectivity index (χ1) is 12.7. The Kier molecular flexibility index (Phi) is 5.42. The number of carbonyl (C=O) groups is 1. The summed E-state index contributed by atoms with van der Waals surface area (Å²) in [6, 6.07) is 6.87. The van der Waals surface area contributed by atoms with Gasteiger partial charge in [0.25, 0.3) is 5.69 Å². The number of likely N-dealkylation sites (tertiary alicyclic amines) is 2. The highest BCUT2D eigenvalue weighted by atomic mass is 16.6. The van der Waals surface area contributed by atoms with Crippen molar-refractivity contribution in [2.45, 2.75) is 52.2 Å². The lowest BCUT2D eigenvalue weighted by Crippen LogP contribution is -2.42. The zero-order chi connectivity index (χ0) is 19.7.